The summed E-state index contributed by atoms with van der Waals surface area (Å²) in [6.45, 7) is 3.87. The minimum absolute atomic E-state index is 0.199. The Bertz CT molecular complexity index is 491. The summed E-state index contributed by atoms with van der Waals surface area (Å²) in [5.41, 5.74) is 2.06. The van der Waals surface area contributed by atoms with E-state index in [-0.39, 0.29) is 13.0 Å². The van der Waals surface area contributed by atoms with E-state index in [4.69, 9.17) is 9.84 Å². The fourth-order valence-electron chi connectivity index (χ4n) is 1.63. The van der Waals surface area contributed by atoms with Gasteiger partial charge in [-0.25, -0.2) is 9.59 Å². The van der Waals surface area contributed by atoms with Crippen LogP contribution in [-0.2, 0) is 9.53 Å². The van der Waals surface area contributed by atoms with E-state index < -0.39 is 18.0 Å². The minimum atomic E-state index is -1.10. The first-order valence-corrected chi connectivity index (χ1v) is 6.17. The second-order valence-corrected chi connectivity index (χ2v) is 4.36. The van der Waals surface area contributed by atoms with Crippen LogP contribution in [0.5, 0.6) is 0 Å². The molecule has 0 spiro atoms. The van der Waals surface area contributed by atoms with Gasteiger partial charge in [-0.1, -0.05) is 0 Å². The zero-order valence-electron chi connectivity index (χ0n) is 11.8. The second kappa shape index (κ2) is 7.44. The molecule has 7 nitrogen and oxygen atoms in total. The van der Waals surface area contributed by atoms with Crippen LogP contribution in [-0.4, -0.2) is 41.8 Å². The first-order chi connectivity index (χ1) is 9.43. The van der Waals surface area contributed by atoms with Crippen molar-refractivity contribution < 1.29 is 19.4 Å². The third kappa shape index (κ3) is 4.85. The summed E-state index contributed by atoms with van der Waals surface area (Å²) in [5, 5.41) is 14.0. The number of rotatable bonds is 6. The molecule has 2 amide bonds. The molecular formula is C13H19N3O4. The maximum Gasteiger partial charge on any atom is 0.326 e. The lowest BCUT2D eigenvalue weighted by Gasteiger charge is -2.15. The quantitative estimate of drug-likeness (QED) is 0.730. The van der Waals surface area contributed by atoms with Crippen LogP contribution in [0, 0.1) is 13.8 Å². The standard InChI is InChI=1S/C13H19N3O4/c1-8-4-5-10(9(2)14-8)15-13(19)16-11(12(17)18)6-7-20-3/h4-5,11H,6-7H2,1-3H3,(H,17,18)(H2,15,16,19). The number of nitrogens with zero attached hydrogens (tertiary/aromatic N) is 1. The molecule has 110 valence electrons. The maximum atomic E-state index is 11.8. The molecule has 0 aromatic carbocycles. The largest absolute Gasteiger partial charge is 0.480 e. The fourth-order valence-corrected chi connectivity index (χ4v) is 1.63. The van der Waals surface area contributed by atoms with Gasteiger partial charge < -0.3 is 20.5 Å². The van der Waals surface area contributed by atoms with Gasteiger partial charge in [-0.05, 0) is 26.0 Å². The van der Waals surface area contributed by atoms with Crippen LogP contribution in [0.4, 0.5) is 10.5 Å². The molecule has 0 aliphatic rings. The zero-order chi connectivity index (χ0) is 15.1. The number of methoxy groups -OCH3 is 1. The van der Waals surface area contributed by atoms with Gasteiger partial charge in [0, 0.05) is 25.8 Å². The Labute approximate surface area is 117 Å². The van der Waals surface area contributed by atoms with E-state index in [0.717, 1.165) is 5.69 Å². The molecule has 0 saturated heterocycles. The molecule has 0 radical (unpaired) electrons. The van der Waals surface area contributed by atoms with Gasteiger partial charge in [0.2, 0.25) is 0 Å². The minimum Gasteiger partial charge on any atom is -0.480 e. The highest BCUT2D eigenvalue weighted by atomic mass is 16.5. The van der Waals surface area contributed by atoms with Gasteiger partial charge in [0.05, 0.1) is 11.4 Å². The van der Waals surface area contributed by atoms with Crippen molar-refractivity contribution in [2.45, 2.75) is 26.3 Å². The first-order valence-electron chi connectivity index (χ1n) is 6.17. The van der Waals surface area contributed by atoms with Crippen LogP contribution < -0.4 is 10.6 Å². The van der Waals surface area contributed by atoms with E-state index in [0.29, 0.717) is 11.4 Å². The van der Waals surface area contributed by atoms with Gasteiger partial charge in [0.25, 0.3) is 0 Å². The van der Waals surface area contributed by atoms with Gasteiger partial charge in [-0.3, -0.25) is 4.98 Å². The van der Waals surface area contributed by atoms with Crippen LogP contribution in [0.2, 0.25) is 0 Å². The lowest BCUT2D eigenvalue weighted by Crippen LogP contribution is -2.43. The van der Waals surface area contributed by atoms with E-state index in [1.54, 1.807) is 19.1 Å². The normalized spacial score (nSPS) is 11.8. The van der Waals surface area contributed by atoms with E-state index in [1.165, 1.54) is 7.11 Å². The average Bonchev–Trinajstić information content (AvgIpc) is 2.37. The second-order valence-electron chi connectivity index (χ2n) is 4.36. The number of carboxylic acid groups (broad SMARTS) is 1. The number of anilines is 1. The molecule has 1 atom stereocenters. The van der Waals surface area contributed by atoms with Crippen molar-refractivity contribution in [3.05, 3.63) is 23.5 Å². The summed E-state index contributed by atoms with van der Waals surface area (Å²) in [5.74, 6) is -1.10. The third-order valence-electron chi connectivity index (χ3n) is 2.69. The van der Waals surface area contributed by atoms with Crippen LogP contribution in [0.3, 0.4) is 0 Å². The predicted molar refractivity (Wildman–Crippen MR) is 73.8 cm³/mol. The first kappa shape index (κ1) is 15.9. The van der Waals surface area contributed by atoms with Gasteiger partial charge in [-0.15, -0.1) is 0 Å². The Kier molecular flexibility index (Phi) is 5.92. The lowest BCUT2D eigenvalue weighted by molar-refractivity contribution is -0.139. The Hall–Kier alpha value is -2.15. The number of amides is 2. The molecule has 1 aromatic rings. The molecule has 0 aliphatic carbocycles. The SMILES string of the molecule is COCCC(NC(=O)Nc1ccc(C)nc1C)C(=O)O. The van der Waals surface area contributed by atoms with Crippen molar-refractivity contribution in [2.24, 2.45) is 0 Å². The summed E-state index contributed by atoms with van der Waals surface area (Å²) in [4.78, 5) is 27.0. The predicted octanol–water partition coefficient (Wildman–Crippen LogP) is 1.31. The number of hydrogen-bond donors (Lipinski definition) is 3. The van der Waals surface area contributed by atoms with E-state index in [9.17, 15) is 9.59 Å². The summed E-state index contributed by atoms with van der Waals surface area (Å²) in [7, 11) is 1.47. The lowest BCUT2D eigenvalue weighted by atomic mass is 10.2. The molecule has 1 aromatic heterocycles. The monoisotopic (exact) mass is 281 g/mol. The molecule has 0 fully saturated rings. The van der Waals surface area contributed by atoms with Gasteiger partial charge >= 0.3 is 12.0 Å². The molecule has 1 heterocycles. The number of ether oxygens (including phenoxy) is 1. The van der Waals surface area contributed by atoms with Crippen molar-refractivity contribution in [3.8, 4) is 0 Å². The van der Waals surface area contributed by atoms with Crippen molar-refractivity contribution in [1.82, 2.24) is 10.3 Å². The van der Waals surface area contributed by atoms with E-state index in [2.05, 4.69) is 15.6 Å². The Morgan fingerprint density at radius 1 is 1.40 bits per heavy atom. The third-order valence-corrected chi connectivity index (χ3v) is 2.69. The molecule has 3 N–H and O–H groups in total. The molecule has 1 rings (SSSR count). The zero-order valence-corrected chi connectivity index (χ0v) is 11.8. The Morgan fingerprint density at radius 2 is 2.10 bits per heavy atom. The van der Waals surface area contributed by atoms with Crippen molar-refractivity contribution in [2.75, 3.05) is 19.0 Å². The van der Waals surface area contributed by atoms with Gasteiger partial charge in [-0.2, -0.15) is 0 Å². The van der Waals surface area contributed by atoms with Crippen LogP contribution >= 0.6 is 0 Å². The molecule has 0 aliphatic heterocycles. The van der Waals surface area contributed by atoms with Crippen LogP contribution in [0.15, 0.2) is 12.1 Å². The number of carbonyl (C=O) groups excluding carboxylic acids is 1. The number of carboxylic acids is 1. The molecular weight excluding hydrogens is 262 g/mol. The number of aryl methyl sites for hydroxylation is 2. The summed E-state index contributed by atoms with van der Waals surface area (Å²) >= 11 is 0. The fraction of sp³-hybridized carbons (Fsp3) is 0.462. The molecule has 0 saturated carbocycles. The number of pyridine rings is 1. The topological polar surface area (TPSA) is 101 Å². The maximum absolute atomic E-state index is 11.8. The molecule has 0 bridgehead atoms. The highest BCUT2D eigenvalue weighted by molar-refractivity contribution is 5.92. The number of urea groups is 1. The van der Waals surface area contributed by atoms with Crippen molar-refractivity contribution in [1.29, 1.82) is 0 Å². The van der Waals surface area contributed by atoms with Crippen LogP contribution in [0.25, 0.3) is 0 Å². The number of aliphatic carboxylic acids is 1. The molecule has 20 heavy (non-hydrogen) atoms. The smallest absolute Gasteiger partial charge is 0.326 e. The van der Waals surface area contributed by atoms with Crippen molar-refractivity contribution >= 4 is 17.7 Å². The van der Waals surface area contributed by atoms with Gasteiger partial charge in [0.1, 0.15) is 6.04 Å². The van der Waals surface area contributed by atoms with Gasteiger partial charge in [0.15, 0.2) is 0 Å². The summed E-state index contributed by atoms with van der Waals surface area (Å²) < 4.78 is 4.81. The molecule has 1 unspecified atom stereocenters. The van der Waals surface area contributed by atoms with E-state index >= 15 is 0 Å². The number of carbonyl (C=O) groups is 2. The average molecular weight is 281 g/mol. The summed E-state index contributed by atoms with van der Waals surface area (Å²) in [6, 6.07) is 1.92. The van der Waals surface area contributed by atoms with Crippen molar-refractivity contribution in [3.63, 3.8) is 0 Å². The molecule has 7 heteroatoms. The Morgan fingerprint density at radius 3 is 2.65 bits per heavy atom. The van der Waals surface area contributed by atoms with E-state index in [1.807, 2.05) is 6.92 Å². The number of hydrogen-bond acceptors (Lipinski definition) is 4. The highest BCUT2D eigenvalue weighted by Gasteiger charge is 2.19. The highest BCUT2D eigenvalue weighted by Crippen LogP contribution is 2.12. The van der Waals surface area contributed by atoms with Crippen LogP contribution in [0.1, 0.15) is 17.8 Å². The summed E-state index contributed by atoms with van der Waals surface area (Å²) in [6.07, 6.45) is 0.199. The number of nitrogens with one attached hydrogen (secondary N) is 2. The number of aromatic nitrogens is 1. The Balaban J connectivity index is 2.63.